The number of halogens is 3. The number of fused-ring (bicyclic) bond motifs is 1. The van der Waals surface area contributed by atoms with Crippen molar-refractivity contribution in [2.45, 2.75) is 31.4 Å². The highest BCUT2D eigenvalue weighted by molar-refractivity contribution is 5.84. The zero-order valence-electron chi connectivity index (χ0n) is 16.8. The molecule has 1 aliphatic rings. The SMILES string of the molecule is NC(=O)Oc1cccc2[nH]c(C3CCN(CCc4ccc(C(F)(F)F)cc4)CC3)nc12. The van der Waals surface area contributed by atoms with Crippen LogP contribution >= 0.6 is 0 Å². The molecular formula is C22H23F3N4O2. The highest BCUT2D eigenvalue weighted by atomic mass is 19.4. The van der Waals surface area contributed by atoms with Crippen molar-refractivity contribution in [3.8, 4) is 5.75 Å². The molecule has 0 spiro atoms. The predicted molar refractivity (Wildman–Crippen MR) is 110 cm³/mol. The van der Waals surface area contributed by atoms with Gasteiger partial charge in [0.1, 0.15) is 11.3 Å². The third kappa shape index (κ3) is 4.99. The number of amides is 1. The number of carbonyl (C=O) groups excluding carboxylic acids is 1. The molecule has 0 unspecified atom stereocenters. The average Bonchev–Trinajstić information content (AvgIpc) is 3.17. The van der Waals surface area contributed by atoms with Crippen LogP contribution in [-0.4, -0.2) is 40.6 Å². The summed E-state index contributed by atoms with van der Waals surface area (Å²) < 4.78 is 43.1. The molecule has 31 heavy (non-hydrogen) atoms. The normalized spacial score (nSPS) is 16.0. The first kappa shape index (κ1) is 21.2. The van der Waals surface area contributed by atoms with E-state index >= 15 is 0 Å². The molecule has 0 radical (unpaired) electrons. The second-order valence-corrected chi connectivity index (χ2v) is 7.76. The number of nitrogens with zero attached hydrogens (tertiary/aromatic N) is 2. The van der Waals surface area contributed by atoms with E-state index in [1.54, 1.807) is 24.3 Å². The number of nitrogens with one attached hydrogen (secondary N) is 1. The molecule has 6 nitrogen and oxygen atoms in total. The zero-order valence-corrected chi connectivity index (χ0v) is 16.8. The minimum absolute atomic E-state index is 0.260. The molecule has 0 bridgehead atoms. The maximum atomic E-state index is 12.7. The van der Waals surface area contributed by atoms with Gasteiger partial charge >= 0.3 is 12.3 Å². The first-order chi connectivity index (χ1) is 14.8. The standard InChI is InChI=1S/C22H23F3N4O2/c23-22(24,25)16-6-4-14(5-7-16)8-11-29-12-9-15(10-13-29)20-27-17-2-1-3-18(19(17)28-20)31-21(26)30/h1-7,15H,8-13H2,(H2,26,30)(H,27,28). The topological polar surface area (TPSA) is 84.2 Å². The number of ether oxygens (including phenoxy) is 1. The Bertz CT molecular complexity index is 1050. The van der Waals surface area contributed by atoms with Crippen molar-refractivity contribution < 1.29 is 22.7 Å². The van der Waals surface area contributed by atoms with Crippen molar-refractivity contribution in [1.82, 2.24) is 14.9 Å². The minimum atomic E-state index is -4.30. The zero-order chi connectivity index (χ0) is 22.0. The summed E-state index contributed by atoms with van der Waals surface area (Å²) in [6, 6.07) is 10.7. The lowest BCUT2D eigenvalue weighted by molar-refractivity contribution is -0.137. The third-order valence-electron chi connectivity index (χ3n) is 5.68. The van der Waals surface area contributed by atoms with Crippen molar-refractivity contribution in [2.75, 3.05) is 19.6 Å². The van der Waals surface area contributed by atoms with Crippen LogP contribution in [0.2, 0.25) is 0 Å². The maximum absolute atomic E-state index is 12.7. The van der Waals surface area contributed by atoms with Gasteiger partial charge in [-0.05, 0) is 62.2 Å². The Morgan fingerprint density at radius 1 is 1.16 bits per heavy atom. The summed E-state index contributed by atoms with van der Waals surface area (Å²) in [7, 11) is 0. The van der Waals surface area contributed by atoms with Gasteiger partial charge in [0.25, 0.3) is 0 Å². The van der Waals surface area contributed by atoms with E-state index in [2.05, 4.69) is 14.9 Å². The fourth-order valence-electron chi connectivity index (χ4n) is 3.99. The highest BCUT2D eigenvalue weighted by Crippen LogP contribution is 2.31. The Morgan fingerprint density at radius 3 is 2.52 bits per heavy atom. The van der Waals surface area contributed by atoms with Crippen LogP contribution in [0.5, 0.6) is 5.75 Å². The van der Waals surface area contributed by atoms with E-state index in [0.29, 0.717) is 17.7 Å². The van der Waals surface area contributed by atoms with Crippen LogP contribution in [0.25, 0.3) is 11.0 Å². The van der Waals surface area contributed by atoms with Gasteiger partial charge in [0.15, 0.2) is 5.75 Å². The number of alkyl halides is 3. The number of aromatic amines is 1. The monoisotopic (exact) mass is 432 g/mol. The van der Waals surface area contributed by atoms with Crippen molar-refractivity contribution in [1.29, 1.82) is 0 Å². The summed E-state index contributed by atoms with van der Waals surface area (Å²) in [5.41, 5.74) is 6.78. The maximum Gasteiger partial charge on any atom is 0.416 e. The summed E-state index contributed by atoms with van der Waals surface area (Å²) >= 11 is 0. The number of carbonyl (C=O) groups is 1. The average molecular weight is 432 g/mol. The van der Waals surface area contributed by atoms with E-state index < -0.39 is 17.8 Å². The van der Waals surface area contributed by atoms with E-state index in [1.165, 1.54) is 0 Å². The number of imidazole rings is 1. The lowest BCUT2D eigenvalue weighted by atomic mass is 9.96. The summed E-state index contributed by atoms with van der Waals surface area (Å²) in [6.45, 7) is 2.56. The number of primary amides is 1. The number of H-pyrrole nitrogens is 1. The Balaban J connectivity index is 1.33. The molecule has 9 heteroatoms. The molecule has 1 saturated heterocycles. The van der Waals surface area contributed by atoms with E-state index in [-0.39, 0.29) is 5.92 Å². The molecule has 164 valence electrons. The van der Waals surface area contributed by atoms with Crippen molar-refractivity contribution in [2.24, 2.45) is 5.73 Å². The number of rotatable bonds is 5. The van der Waals surface area contributed by atoms with Crippen molar-refractivity contribution in [3.63, 3.8) is 0 Å². The lowest BCUT2D eigenvalue weighted by Gasteiger charge is -2.31. The molecule has 1 fully saturated rings. The molecule has 2 aromatic carbocycles. The molecule has 0 aliphatic carbocycles. The van der Waals surface area contributed by atoms with Crippen LogP contribution < -0.4 is 10.5 Å². The summed E-state index contributed by atoms with van der Waals surface area (Å²) in [5, 5.41) is 0. The number of piperidine rings is 1. The quantitative estimate of drug-likeness (QED) is 0.624. The van der Waals surface area contributed by atoms with Gasteiger partial charge in [0, 0.05) is 12.5 Å². The fourth-order valence-corrected chi connectivity index (χ4v) is 3.99. The van der Waals surface area contributed by atoms with Gasteiger partial charge in [0.05, 0.1) is 11.1 Å². The summed E-state index contributed by atoms with van der Waals surface area (Å²) in [4.78, 5) is 21.4. The largest absolute Gasteiger partial charge is 0.416 e. The Labute approximate surface area is 177 Å². The van der Waals surface area contributed by atoms with Gasteiger partial charge in [0.2, 0.25) is 0 Å². The van der Waals surface area contributed by atoms with Crippen molar-refractivity contribution >= 4 is 17.1 Å². The van der Waals surface area contributed by atoms with Crippen LogP contribution in [-0.2, 0) is 12.6 Å². The van der Waals surface area contributed by atoms with E-state index in [9.17, 15) is 18.0 Å². The number of likely N-dealkylation sites (tertiary alicyclic amines) is 1. The molecule has 1 aromatic heterocycles. The van der Waals surface area contributed by atoms with Gasteiger partial charge in [-0.25, -0.2) is 9.78 Å². The van der Waals surface area contributed by atoms with Gasteiger partial charge in [-0.3, -0.25) is 0 Å². The summed E-state index contributed by atoms with van der Waals surface area (Å²) in [5.74, 6) is 1.45. The van der Waals surface area contributed by atoms with Gasteiger partial charge < -0.3 is 20.4 Å². The minimum Gasteiger partial charge on any atom is -0.408 e. The Hall–Kier alpha value is -3.07. The number of hydrogen-bond acceptors (Lipinski definition) is 4. The number of para-hydroxylation sites is 1. The number of benzene rings is 2. The summed E-state index contributed by atoms with van der Waals surface area (Å²) in [6.07, 6.45) is -2.64. The van der Waals surface area contributed by atoms with E-state index in [4.69, 9.17) is 10.5 Å². The Kier molecular flexibility index (Phi) is 5.86. The lowest BCUT2D eigenvalue weighted by Crippen LogP contribution is -2.34. The van der Waals surface area contributed by atoms with E-state index in [1.807, 2.05) is 6.07 Å². The molecule has 0 saturated carbocycles. The molecule has 0 atom stereocenters. The van der Waals surface area contributed by atoms with Gasteiger partial charge in [-0.15, -0.1) is 0 Å². The first-order valence-electron chi connectivity index (χ1n) is 10.1. The first-order valence-corrected chi connectivity index (χ1v) is 10.1. The second-order valence-electron chi connectivity index (χ2n) is 7.76. The molecule has 1 amide bonds. The smallest absolute Gasteiger partial charge is 0.408 e. The number of aromatic nitrogens is 2. The van der Waals surface area contributed by atoms with E-state index in [0.717, 1.165) is 61.5 Å². The molecule has 2 heterocycles. The molecule has 4 rings (SSSR count). The highest BCUT2D eigenvalue weighted by Gasteiger charge is 2.30. The van der Waals surface area contributed by atoms with Crippen LogP contribution in [0.4, 0.5) is 18.0 Å². The van der Waals surface area contributed by atoms with Crippen LogP contribution in [0, 0.1) is 0 Å². The third-order valence-corrected chi connectivity index (χ3v) is 5.68. The second kappa shape index (κ2) is 8.58. The van der Waals surface area contributed by atoms with Crippen LogP contribution in [0.3, 0.4) is 0 Å². The van der Waals surface area contributed by atoms with Crippen molar-refractivity contribution in [3.05, 3.63) is 59.4 Å². The number of hydrogen-bond donors (Lipinski definition) is 2. The Morgan fingerprint density at radius 2 is 1.87 bits per heavy atom. The molecule has 1 aliphatic heterocycles. The van der Waals surface area contributed by atoms with Crippen LogP contribution in [0.15, 0.2) is 42.5 Å². The predicted octanol–water partition coefficient (Wildman–Crippen LogP) is 4.46. The molecular weight excluding hydrogens is 409 g/mol. The van der Waals surface area contributed by atoms with Gasteiger partial charge in [-0.2, -0.15) is 13.2 Å². The molecule has 3 N–H and O–H groups in total. The fraction of sp³-hybridized carbons (Fsp3) is 0.364. The number of nitrogens with two attached hydrogens (primary N) is 1. The van der Waals surface area contributed by atoms with Gasteiger partial charge in [-0.1, -0.05) is 18.2 Å². The van der Waals surface area contributed by atoms with Crippen LogP contribution in [0.1, 0.15) is 35.7 Å². The molecule has 3 aromatic rings.